The molecule has 0 N–H and O–H groups in total. The quantitative estimate of drug-likeness (QED) is 0.289. The predicted molar refractivity (Wildman–Crippen MR) is 121 cm³/mol. The number of benzene rings is 1. The van der Waals surface area contributed by atoms with Gasteiger partial charge in [-0.2, -0.15) is 0 Å². The van der Waals surface area contributed by atoms with E-state index in [1.807, 2.05) is 11.3 Å². The van der Waals surface area contributed by atoms with E-state index in [0.717, 1.165) is 16.8 Å². The number of nitrogens with zero attached hydrogens (tertiary/aromatic N) is 2. The third-order valence-corrected chi connectivity index (χ3v) is 7.61. The van der Waals surface area contributed by atoms with Gasteiger partial charge in [-0.25, -0.2) is 9.97 Å². The molecular weight excluding hydrogens is 424 g/mol. The highest BCUT2D eigenvalue weighted by molar-refractivity contribution is 9.11. The van der Waals surface area contributed by atoms with E-state index in [0.29, 0.717) is 0 Å². The first kappa shape index (κ1) is 20.2. The molecule has 0 radical (unpaired) electrons. The number of hydrogen-bond acceptors (Lipinski definition) is 4. The summed E-state index contributed by atoms with van der Waals surface area (Å²) in [6.45, 7) is 6.69. The molecule has 3 rings (SSSR count). The van der Waals surface area contributed by atoms with E-state index in [2.05, 4.69) is 36.7 Å². The number of hydrogen-bond donors (Lipinski definition) is 0. The summed E-state index contributed by atoms with van der Waals surface area (Å²) in [5.74, 6) is 0. The van der Waals surface area contributed by atoms with Crippen molar-refractivity contribution in [1.82, 2.24) is 9.97 Å². The summed E-state index contributed by atoms with van der Waals surface area (Å²) >= 11 is 7.30. The molecule has 0 saturated carbocycles. The van der Waals surface area contributed by atoms with Crippen molar-refractivity contribution < 1.29 is 0 Å². The van der Waals surface area contributed by atoms with Crippen molar-refractivity contribution in [2.24, 2.45) is 0 Å². The van der Waals surface area contributed by atoms with Gasteiger partial charge in [-0.05, 0) is 59.7 Å². The van der Waals surface area contributed by atoms with E-state index in [9.17, 15) is 0 Å². The van der Waals surface area contributed by atoms with Crippen molar-refractivity contribution in [2.75, 3.05) is 0 Å². The molecule has 5 heteroatoms. The van der Waals surface area contributed by atoms with Crippen LogP contribution in [0.25, 0.3) is 20.4 Å². The largest absolute Gasteiger partial charge is 0.241 e. The van der Waals surface area contributed by atoms with Crippen molar-refractivity contribution >= 4 is 59.0 Å². The Morgan fingerprint density at radius 1 is 0.731 bits per heavy atom. The van der Waals surface area contributed by atoms with E-state index < -0.39 is 0 Å². The number of halogens is 1. The number of fused-ring (bicyclic) bond motifs is 2. The van der Waals surface area contributed by atoms with Crippen molar-refractivity contribution in [3.8, 4) is 0 Å². The lowest BCUT2D eigenvalue weighted by atomic mass is 9.99. The monoisotopic (exact) mass is 452 g/mol. The number of aryl methyl sites for hydroxylation is 3. The summed E-state index contributed by atoms with van der Waals surface area (Å²) in [5.41, 5.74) is 5.38. The Morgan fingerprint density at radius 3 is 1.85 bits per heavy atom. The van der Waals surface area contributed by atoms with Crippen LogP contribution in [0.5, 0.6) is 0 Å². The molecule has 1 aromatic carbocycles. The Labute approximate surface area is 173 Å². The van der Waals surface area contributed by atoms with Gasteiger partial charge in [0.2, 0.25) is 0 Å². The van der Waals surface area contributed by atoms with Gasteiger partial charge in [0.05, 0.1) is 25.4 Å². The average Bonchev–Trinajstić information content (AvgIpc) is 3.18. The minimum atomic E-state index is 1.01. The summed E-state index contributed by atoms with van der Waals surface area (Å²) in [7, 11) is 0. The van der Waals surface area contributed by atoms with E-state index >= 15 is 0 Å². The molecule has 0 saturated heterocycles. The van der Waals surface area contributed by atoms with Crippen molar-refractivity contribution in [3.05, 3.63) is 20.1 Å². The number of unbranched alkanes of at least 4 members (excludes halogenated alkanes) is 6. The number of rotatable bonds is 10. The third-order valence-electron chi connectivity index (χ3n) is 5.02. The van der Waals surface area contributed by atoms with Gasteiger partial charge in [0.25, 0.3) is 0 Å². The minimum Gasteiger partial charge on any atom is -0.241 e. The number of thiazole rings is 2. The zero-order valence-electron chi connectivity index (χ0n) is 16.2. The van der Waals surface area contributed by atoms with Gasteiger partial charge in [0, 0.05) is 0 Å². The first-order valence-corrected chi connectivity index (χ1v) is 12.4. The summed E-state index contributed by atoms with van der Waals surface area (Å²) in [6, 6.07) is 0. The molecule has 0 atom stereocenters. The van der Waals surface area contributed by atoms with Gasteiger partial charge in [0.15, 0.2) is 3.92 Å². The molecule has 0 unspecified atom stereocenters. The highest BCUT2D eigenvalue weighted by Crippen LogP contribution is 2.41. The third kappa shape index (κ3) is 4.48. The minimum absolute atomic E-state index is 1.01. The first-order chi connectivity index (χ1) is 12.7. The second kappa shape index (κ2) is 9.61. The average molecular weight is 454 g/mol. The van der Waals surface area contributed by atoms with Crippen molar-refractivity contribution in [3.63, 3.8) is 0 Å². The topological polar surface area (TPSA) is 25.8 Å². The van der Waals surface area contributed by atoms with Gasteiger partial charge < -0.3 is 0 Å². The zero-order valence-corrected chi connectivity index (χ0v) is 19.4. The maximum atomic E-state index is 4.96. The fourth-order valence-corrected chi connectivity index (χ4v) is 6.25. The fourth-order valence-electron chi connectivity index (χ4n) is 3.68. The van der Waals surface area contributed by atoms with Crippen molar-refractivity contribution in [2.45, 2.75) is 85.0 Å². The van der Waals surface area contributed by atoms with Crippen LogP contribution in [0.4, 0.5) is 0 Å². The van der Waals surface area contributed by atoms with E-state index in [-0.39, 0.29) is 0 Å². The lowest BCUT2D eigenvalue weighted by Crippen LogP contribution is -1.95. The molecule has 0 amide bonds. The van der Waals surface area contributed by atoms with Crippen LogP contribution in [0.1, 0.15) is 81.3 Å². The first-order valence-electron chi connectivity index (χ1n) is 10.0. The Bertz CT molecular complexity index is 741. The van der Waals surface area contributed by atoms with Crippen LogP contribution < -0.4 is 0 Å². The maximum absolute atomic E-state index is 4.96. The molecular formula is C21H29BrN2S2. The second-order valence-corrected chi connectivity index (χ2v) is 10.6. The Balaban J connectivity index is 2.02. The number of aromatic nitrogens is 2. The van der Waals surface area contributed by atoms with Gasteiger partial charge in [-0.3, -0.25) is 0 Å². The lowest BCUT2D eigenvalue weighted by molar-refractivity contribution is 0.667. The van der Waals surface area contributed by atoms with Gasteiger partial charge >= 0.3 is 0 Å². The molecule has 0 spiro atoms. The molecule has 0 bridgehead atoms. The summed E-state index contributed by atoms with van der Waals surface area (Å²) in [6.07, 6.45) is 12.6. The van der Waals surface area contributed by atoms with Crippen LogP contribution in [-0.2, 0) is 12.8 Å². The van der Waals surface area contributed by atoms with Crippen LogP contribution in [-0.4, -0.2) is 9.97 Å². The zero-order chi connectivity index (χ0) is 18.5. The Morgan fingerprint density at radius 2 is 1.27 bits per heavy atom. The molecule has 3 aromatic rings. The standard InChI is InChI=1S/C21H29BrN2S2/c1-4-6-8-10-12-15-17-19(25-14(3)23-17)16(13-11-9-7-5-2)18-20(15)26-21(22)24-18/h4-13H2,1-3H3. The van der Waals surface area contributed by atoms with Crippen LogP contribution in [0.15, 0.2) is 3.92 Å². The summed E-state index contributed by atoms with van der Waals surface area (Å²) in [4.78, 5) is 9.85. The van der Waals surface area contributed by atoms with Crippen LogP contribution in [0.3, 0.4) is 0 Å². The Hall–Kier alpha value is -0.520. The fraction of sp³-hybridized carbons (Fsp3) is 0.619. The Kier molecular flexibility index (Phi) is 7.47. The highest BCUT2D eigenvalue weighted by Gasteiger charge is 2.20. The van der Waals surface area contributed by atoms with E-state index in [4.69, 9.17) is 9.97 Å². The molecule has 142 valence electrons. The van der Waals surface area contributed by atoms with Crippen LogP contribution >= 0.6 is 38.6 Å². The van der Waals surface area contributed by atoms with Gasteiger partial charge in [0.1, 0.15) is 0 Å². The molecule has 0 aliphatic carbocycles. The predicted octanol–water partition coefficient (Wildman–Crippen LogP) is 8.22. The van der Waals surface area contributed by atoms with Crippen LogP contribution in [0, 0.1) is 6.92 Å². The molecule has 26 heavy (non-hydrogen) atoms. The highest BCUT2D eigenvalue weighted by atomic mass is 79.9. The lowest BCUT2D eigenvalue weighted by Gasteiger charge is -2.09. The SMILES string of the molecule is CCCCCCc1c2nc(Br)sc2c(CCCCCC)c2nc(C)sc12. The van der Waals surface area contributed by atoms with Gasteiger partial charge in [-0.1, -0.05) is 52.4 Å². The summed E-state index contributed by atoms with van der Waals surface area (Å²) in [5, 5.41) is 1.18. The molecule has 2 nitrogen and oxygen atoms in total. The molecule has 0 fully saturated rings. The summed E-state index contributed by atoms with van der Waals surface area (Å²) < 4.78 is 3.78. The van der Waals surface area contributed by atoms with Gasteiger partial charge in [-0.15, -0.1) is 22.7 Å². The maximum Gasteiger partial charge on any atom is 0.160 e. The van der Waals surface area contributed by atoms with Crippen LogP contribution in [0.2, 0.25) is 0 Å². The van der Waals surface area contributed by atoms with Crippen molar-refractivity contribution in [1.29, 1.82) is 0 Å². The smallest absolute Gasteiger partial charge is 0.160 e. The van der Waals surface area contributed by atoms with E-state index in [1.165, 1.54) is 87.9 Å². The molecule has 0 aliphatic heterocycles. The normalized spacial score (nSPS) is 11.8. The van der Waals surface area contributed by atoms with E-state index in [1.54, 1.807) is 11.3 Å². The molecule has 2 aromatic heterocycles. The molecule has 2 heterocycles. The molecule has 0 aliphatic rings. The second-order valence-electron chi connectivity index (χ2n) is 7.13.